The van der Waals surface area contributed by atoms with Crippen LogP contribution in [0.3, 0.4) is 0 Å². The van der Waals surface area contributed by atoms with Gasteiger partial charge < -0.3 is 4.98 Å². The number of hydrogen-bond donors (Lipinski definition) is 1. The molecule has 1 aromatic heterocycles. The van der Waals surface area contributed by atoms with Crippen molar-refractivity contribution in [3.8, 4) is 0 Å². The Labute approximate surface area is 95.2 Å². The van der Waals surface area contributed by atoms with Crippen molar-refractivity contribution in [1.29, 1.82) is 0 Å². The quantitative estimate of drug-likeness (QED) is 0.654. The maximum atomic E-state index is 5.28. The summed E-state index contributed by atoms with van der Waals surface area (Å²) in [5.41, 5.74) is 1.50. The third-order valence-corrected chi connectivity index (χ3v) is 2.96. The average Bonchev–Trinajstić information content (AvgIpc) is 2.16. The average molecular weight is 217 g/mol. The molecule has 0 saturated carbocycles. The molecule has 0 saturated heterocycles. The fourth-order valence-electron chi connectivity index (χ4n) is 1.88. The lowest BCUT2D eigenvalue weighted by Gasteiger charge is -2.21. The Balaban J connectivity index is 2.89. The summed E-state index contributed by atoms with van der Waals surface area (Å²) in [6.45, 7) is 6.67. The van der Waals surface area contributed by atoms with E-state index in [1.165, 1.54) is 10.9 Å². The van der Waals surface area contributed by atoms with Gasteiger partial charge in [0, 0.05) is 11.6 Å². The van der Waals surface area contributed by atoms with Crippen LogP contribution in [0.5, 0.6) is 0 Å². The molecule has 0 amide bonds. The molecule has 0 aliphatic carbocycles. The number of aromatic amines is 1. The first-order valence-corrected chi connectivity index (χ1v) is 5.52. The lowest BCUT2D eigenvalue weighted by molar-refractivity contribution is 0.596. The van der Waals surface area contributed by atoms with Gasteiger partial charge in [-0.15, -0.1) is 0 Å². The van der Waals surface area contributed by atoms with Gasteiger partial charge in [0.1, 0.15) is 4.64 Å². The highest BCUT2D eigenvalue weighted by Crippen LogP contribution is 2.29. The van der Waals surface area contributed by atoms with Gasteiger partial charge in [0.15, 0.2) is 0 Å². The summed E-state index contributed by atoms with van der Waals surface area (Å²) < 4.78 is 0.818. The summed E-state index contributed by atoms with van der Waals surface area (Å²) in [4.78, 5) is 3.07. The first kappa shape index (κ1) is 10.4. The van der Waals surface area contributed by atoms with Gasteiger partial charge in [-0.25, -0.2) is 0 Å². The van der Waals surface area contributed by atoms with E-state index in [0.717, 1.165) is 10.0 Å². The van der Waals surface area contributed by atoms with Crippen LogP contribution in [0.2, 0.25) is 0 Å². The van der Waals surface area contributed by atoms with E-state index in [4.69, 9.17) is 12.2 Å². The summed E-state index contributed by atoms with van der Waals surface area (Å²) in [6.07, 6.45) is 1.92. The minimum absolute atomic E-state index is 0.155. The Hall–Kier alpha value is -1.15. The highest BCUT2D eigenvalue weighted by atomic mass is 32.1. The van der Waals surface area contributed by atoms with Gasteiger partial charge in [0.05, 0.1) is 0 Å². The molecular formula is C13H15NS. The van der Waals surface area contributed by atoms with E-state index in [2.05, 4.69) is 50.0 Å². The zero-order valence-corrected chi connectivity index (χ0v) is 10.1. The van der Waals surface area contributed by atoms with Crippen LogP contribution >= 0.6 is 12.2 Å². The molecule has 1 nitrogen and oxygen atoms in total. The van der Waals surface area contributed by atoms with Crippen molar-refractivity contribution in [2.24, 2.45) is 0 Å². The molecule has 1 aromatic carbocycles. The molecule has 0 fully saturated rings. The molecule has 0 atom stereocenters. The Bertz CT molecular complexity index is 546. The van der Waals surface area contributed by atoms with Crippen LogP contribution in [0.1, 0.15) is 26.3 Å². The molecule has 0 aliphatic rings. The highest BCUT2D eigenvalue weighted by molar-refractivity contribution is 7.71. The molecule has 0 unspecified atom stereocenters. The second-order valence-electron chi connectivity index (χ2n) is 4.82. The molecule has 2 rings (SSSR count). The Kier molecular flexibility index (Phi) is 2.39. The van der Waals surface area contributed by atoms with Gasteiger partial charge in [-0.2, -0.15) is 0 Å². The number of fused-ring (bicyclic) bond motifs is 1. The summed E-state index contributed by atoms with van der Waals surface area (Å²) >= 11 is 5.28. The van der Waals surface area contributed by atoms with Crippen molar-refractivity contribution in [2.75, 3.05) is 0 Å². The van der Waals surface area contributed by atoms with Gasteiger partial charge in [-0.3, -0.25) is 0 Å². The molecule has 2 aromatic rings. The Morgan fingerprint density at radius 1 is 1.07 bits per heavy atom. The number of rotatable bonds is 0. The summed E-state index contributed by atoms with van der Waals surface area (Å²) in [6, 6.07) is 8.43. The van der Waals surface area contributed by atoms with Crippen molar-refractivity contribution in [3.05, 3.63) is 40.7 Å². The lowest BCUT2D eigenvalue weighted by atomic mass is 9.84. The Morgan fingerprint density at radius 2 is 1.80 bits per heavy atom. The van der Waals surface area contributed by atoms with Crippen molar-refractivity contribution >= 4 is 23.0 Å². The van der Waals surface area contributed by atoms with E-state index in [1.54, 1.807) is 0 Å². The normalized spacial score (nSPS) is 11.9. The van der Waals surface area contributed by atoms with Gasteiger partial charge >= 0.3 is 0 Å². The minimum Gasteiger partial charge on any atom is -0.352 e. The molecule has 1 heterocycles. The fraction of sp³-hybridized carbons (Fsp3) is 0.308. The van der Waals surface area contributed by atoms with Crippen LogP contribution in [-0.2, 0) is 5.41 Å². The van der Waals surface area contributed by atoms with Crippen LogP contribution in [0.4, 0.5) is 0 Å². The van der Waals surface area contributed by atoms with Gasteiger partial charge in [-0.1, -0.05) is 51.2 Å². The van der Waals surface area contributed by atoms with Gasteiger partial charge in [0.25, 0.3) is 0 Å². The third kappa shape index (κ3) is 1.82. The van der Waals surface area contributed by atoms with E-state index >= 15 is 0 Å². The first-order chi connectivity index (χ1) is 7.00. The van der Waals surface area contributed by atoms with Crippen molar-refractivity contribution in [2.45, 2.75) is 26.2 Å². The molecular weight excluding hydrogens is 202 g/mol. The van der Waals surface area contributed by atoms with Crippen LogP contribution in [0, 0.1) is 4.64 Å². The minimum atomic E-state index is 0.155. The molecule has 0 bridgehead atoms. The maximum Gasteiger partial charge on any atom is 0.111 e. The number of nitrogens with one attached hydrogen (secondary N) is 1. The number of aromatic nitrogens is 1. The molecule has 78 valence electrons. The second kappa shape index (κ2) is 3.46. The zero-order chi connectivity index (χ0) is 11.1. The van der Waals surface area contributed by atoms with Crippen LogP contribution in [-0.4, -0.2) is 4.98 Å². The number of H-pyrrole nitrogens is 1. The van der Waals surface area contributed by atoms with Crippen LogP contribution in [0.15, 0.2) is 30.5 Å². The standard InChI is InChI=1S/C13H15NS/c1-13(2,3)11-6-4-5-10-9(11)7-8-14-12(10)15/h4-8H,1-3H3,(H,14,15). The van der Waals surface area contributed by atoms with Crippen LogP contribution < -0.4 is 0 Å². The monoisotopic (exact) mass is 217 g/mol. The molecule has 0 aliphatic heterocycles. The summed E-state index contributed by atoms with van der Waals surface area (Å²) in [5, 5.41) is 2.40. The first-order valence-electron chi connectivity index (χ1n) is 5.11. The van der Waals surface area contributed by atoms with Gasteiger partial charge in [0.2, 0.25) is 0 Å². The third-order valence-electron chi connectivity index (χ3n) is 2.62. The van der Waals surface area contributed by atoms with Gasteiger partial charge in [-0.05, 0) is 22.4 Å². The maximum absolute atomic E-state index is 5.28. The highest BCUT2D eigenvalue weighted by Gasteiger charge is 2.16. The second-order valence-corrected chi connectivity index (χ2v) is 5.23. The number of benzene rings is 1. The smallest absolute Gasteiger partial charge is 0.111 e. The van der Waals surface area contributed by atoms with E-state index in [1.807, 2.05) is 6.20 Å². The van der Waals surface area contributed by atoms with E-state index in [9.17, 15) is 0 Å². The largest absolute Gasteiger partial charge is 0.352 e. The SMILES string of the molecule is CC(C)(C)c1cccc2c(=S)[nH]ccc12. The molecule has 0 spiro atoms. The number of hydrogen-bond acceptors (Lipinski definition) is 1. The van der Waals surface area contributed by atoms with E-state index in [0.29, 0.717) is 0 Å². The number of pyridine rings is 1. The fourth-order valence-corrected chi connectivity index (χ4v) is 2.12. The predicted octanol–water partition coefficient (Wildman–Crippen LogP) is 4.19. The predicted molar refractivity (Wildman–Crippen MR) is 67.8 cm³/mol. The molecule has 0 radical (unpaired) electrons. The van der Waals surface area contributed by atoms with Crippen molar-refractivity contribution < 1.29 is 0 Å². The Morgan fingerprint density at radius 3 is 2.47 bits per heavy atom. The molecule has 1 N–H and O–H groups in total. The molecule has 2 heteroatoms. The topological polar surface area (TPSA) is 15.8 Å². The lowest BCUT2D eigenvalue weighted by Crippen LogP contribution is -2.11. The van der Waals surface area contributed by atoms with E-state index in [-0.39, 0.29) is 5.41 Å². The van der Waals surface area contributed by atoms with Crippen LogP contribution in [0.25, 0.3) is 10.8 Å². The molecule has 15 heavy (non-hydrogen) atoms. The van der Waals surface area contributed by atoms with Crippen molar-refractivity contribution in [1.82, 2.24) is 4.98 Å². The van der Waals surface area contributed by atoms with E-state index < -0.39 is 0 Å². The zero-order valence-electron chi connectivity index (χ0n) is 9.29. The van der Waals surface area contributed by atoms with Crippen molar-refractivity contribution in [3.63, 3.8) is 0 Å². The summed E-state index contributed by atoms with van der Waals surface area (Å²) in [7, 11) is 0. The summed E-state index contributed by atoms with van der Waals surface area (Å²) in [5.74, 6) is 0.